The van der Waals surface area contributed by atoms with Gasteiger partial charge >= 0.3 is 0 Å². The van der Waals surface area contributed by atoms with Crippen molar-refractivity contribution >= 4 is 33.1 Å². The van der Waals surface area contributed by atoms with Crippen LogP contribution in [0.3, 0.4) is 0 Å². The third-order valence-corrected chi connectivity index (χ3v) is 4.58. The summed E-state index contributed by atoms with van der Waals surface area (Å²) >= 11 is 1.68. The Kier molecular flexibility index (Phi) is 4.64. The number of anilines is 1. The molecule has 5 heteroatoms. The molecule has 0 fully saturated rings. The number of thiazole rings is 1. The fourth-order valence-corrected chi connectivity index (χ4v) is 2.97. The van der Waals surface area contributed by atoms with Crippen LogP contribution in [0, 0.1) is 0 Å². The highest BCUT2D eigenvalue weighted by Crippen LogP contribution is 2.32. The number of rotatable bonds is 4. The van der Waals surface area contributed by atoms with Gasteiger partial charge in [-0.3, -0.25) is 4.79 Å². The predicted octanol–water partition coefficient (Wildman–Crippen LogP) is 3.66. The fourth-order valence-electron chi connectivity index (χ4n) is 1.91. The average Bonchev–Trinajstić information content (AvgIpc) is 2.79. The number of aromatic nitrogens is 1. The number of hydrogen-bond acceptors (Lipinski definition) is 4. The lowest BCUT2D eigenvalue weighted by atomic mass is 9.98. The highest BCUT2D eigenvalue weighted by Gasteiger charge is 2.18. The lowest BCUT2D eigenvalue weighted by Gasteiger charge is -2.13. The average molecular weight is 305 g/mol. The maximum Gasteiger partial charge on any atom is 0.224 e. The van der Waals surface area contributed by atoms with Gasteiger partial charge in [0, 0.05) is 23.6 Å². The van der Waals surface area contributed by atoms with Crippen LogP contribution in [0.1, 0.15) is 45.5 Å². The Hall–Kier alpha value is -1.46. The van der Waals surface area contributed by atoms with Gasteiger partial charge in [0.1, 0.15) is 0 Å². The first-order valence-electron chi connectivity index (χ1n) is 7.22. The quantitative estimate of drug-likeness (QED) is 0.905. The minimum absolute atomic E-state index is 0.00668. The molecular formula is C16H23N3OS. The van der Waals surface area contributed by atoms with Gasteiger partial charge in [0.25, 0.3) is 0 Å². The summed E-state index contributed by atoms with van der Waals surface area (Å²) in [6, 6.07) is 5.90. The largest absolute Gasteiger partial charge is 0.328 e. The third-order valence-electron chi connectivity index (χ3n) is 3.14. The van der Waals surface area contributed by atoms with Crippen LogP contribution >= 0.6 is 11.3 Å². The summed E-state index contributed by atoms with van der Waals surface area (Å²) in [5.74, 6) is 0.00668. The van der Waals surface area contributed by atoms with E-state index in [9.17, 15) is 4.79 Å². The first-order valence-corrected chi connectivity index (χ1v) is 8.04. The van der Waals surface area contributed by atoms with E-state index in [0.29, 0.717) is 12.8 Å². The first-order chi connectivity index (χ1) is 9.75. The smallest absolute Gasteiger partial charge is 0.224 e. The number of amides is 1. The predicted molar refractivity (Wildman–Crippen MR) is 89.8 cm³/mol. The van der Waals surface area contributed by atoms with Crippen LogP contribution in [0.4, 0.5) is 5.69 Å². The molecule has 1 amide bonds. The van der Waals surface area contributed by atoms with E-state index in [1.807, 2.05) is 25.1 Å². The Morgan fingerprint density at radius 1 is 1.43 bits per heavy atom. The van der Waals surface area contributed by atoms with E-state index in [4.69, 9.17) is 5.73 Å². The van der Waals surface area contributed by atoms with Crippen LogP contribution < -0.4 is 11.1 Å². The normalized spacial score (nSPS) is 13.4. The van der Waals surface area contributed by atoms with Crippen molar-refractivity contribution in [3.05, 3.63) is 23.2 Å². The molecule has 21 heavy (non-hydrogen) atoms. The Balaban J connectivity index is 2.13. The first kappa shape index (κ1) is 15.9. The second kappa shape index (κ2) is 6.12. The molecule has 3 N–H and O–H groups in total. The zero-order valence-corrected chi connectivity index (χ0v) is 13.9. The topological polar surface area (TPSA) is 68.0 Å². The molecule has 2 rings (SSSR count). The zero-order valence-electron chi connectivity index (χ0n) is 13.1. The summed E-state index contributed by atoms with van der Waals surface area (Å²) in [4.78, 5) is 16.5. The van der Waals surface area contributed by atoms with Crippen molar-refractivity contribution in [2.45, 2.75) is 52.0 Å². The van der Waals surface area contributed by atoms with E-state index in [0.717, 1.165) is 20.9 Å². The van der Waals surface area contributed by atoms with Crippen LogP contribution in [0.5, 0.6) is 0 Å². The van der Waals surface area contributed by atoms with E-state index in [2.05, 4.69) is 31.1 Å². The van der Waals surface area contributed by atoms with E-state index in [1.54, 1.807) is 11.3 Å². The van der Waals surface area contributed by atoms with E-state index in [-0.39, 0.29) is 17.4 Å². The maximum atomic E-state index is 11.8. The summed E-state index contributed by atoms with van der Waals surface area (Å²) in [6.07, 6.45) is 1.15. The second-order valence-corrected chi connectivity index (χ2v) is 7.55. The molecule has 0 aliphatic rings. The second-order valence-electron chi connectivity index (χ2n) is 6.52. The molecule has 1 heterocycles. The Bertz CT molecular complexity index is 640. The standard InChI is InChI=1S/C16H23N3OS/c1-10(17)5-8-14(20)18-11-6-7-12-13(9-11)21-15(19-12)16(2,3)4/h6-7,9-10H,5,8,17H2,1-4H3,(H,18,20). The molecule has 0 aliphatic carbocycles. The Morgan fingerprint density at radius 2 is 2.14 bits per heavy atom. The molecule has 0 saturated carbocycles. The molecule has 114 valence electrons. The van der Waals surface area contributed by atoms with Gasteiger partial charge in [-0.05, 0) is 31.5 Å². The summed E-state index contributed by atoms with van der Waals surface area (Å²) in [5, 5.41) is 4.03. The Labute approximate surface area is 129 Å². The number of hydrogen-bond donors (Lipinski definition) is 2. The molecule has 0 saturated heterocycles. The van der Waals surface area contributed by atoms with E-state index >= 15 is 0 Å². The van der Waals surface area contributed by atoms with Crippen molar-refractivity contribution in [1.82, 2.24) is 4.98 Å². The number of nitrogens with one attached hydrogen (secondary N) is 1. The monoisotopic (exact) mass is 305 g/mol. The van der Waals surface area contributed by atoms with E-state index < -0.39 is 0 Å². The molecule has 0 radical (unpaired) electrons. The summed E-state index contributed by atoms with van der Waals surface area (Å²) in [6.45, 7) is 8.37. The fraction of sp³-hybridized carbons (Fsp3) is 0.500. The van der Waals surface area contributed by atoms with Gasteiger partial charge in [-0.25, -0.2) is 4.98 Å². The molecule has 2 aromatic rings. The van der Waals surface area contributed by atoms with Crippen LogP contribution in [0.15, 0.2) is 18.2 Å². The SMILES string of the molecule is CC(N)CCC(=O)Nc1ccc2nc(C(C)(C)C)sc2c1. The summed E-state index contributed by atoms with van der Waals surface area (Å²) < 4.78 is 1.10. The van der Waals surface area contributed by atoms with Crippen molar-refractivity contribution in [3.63, 3.8) is 0 Å². The van der Waals surface area contributed by atoms with Crippen LogP contribution in [-0.4, -0.2) is 16.9 Å². The van der Waals surface area contributed by atoms with Gasteiger partial charge < -0.3 is 11.1 Å². The third kappa shape index (κ3) is 4.25. The molecule has 0 spiro atoms. The molecule has 0 bridgehead atoms. The highest BCUT2D eigenvalue weighted by atomic mass is 32.1. The number of benzene rings is 1. The van der Waals surface area contributed by atoms with Gasteiger partial charge in [0.05, 0.1) is 15.2 Å². The lowest BCUT2D eigenvalue weighted by Crippen LogP contribution is -2.19. The van der Waals surface area contributed by atoms with Crippen LogP contribution in [0.25, 0.3) is 10.2 Å². The number of fused-ring (bicyclic) bond motifs is 1. The van der Waals surface area contributed by atoms with Gasteiger partial charge in [-0.2, -0.15) is 0 Å². The minimum Gasteiger partial charge on any atom is -0.328 e. The lowest BCUT2D eigenvalue weighted by molar-refractivity contribution is -0.116. The van der Waals surface area contributed by atoms with Crippen LogP contribution in [0.2, 0.25) is 0 Å². The van der Waals surface area contributed by atoms with Crippen LogP contribution in [-0.2, 0) is 10.2 Å². The highest BCUT2D eigenvalue weighted by molar-refractivity contribution is 7.18. The molecule has 1 atom stereocenters. The molecule has 1 aromatic carbocycles. The van der Waals surface area contributed by atoms with E-state index in [1.165, 1.54) is 0 Å². The zero-order chi connectivity index (χ0) is 15.6. The van der Waals surface area contributed by atoms with Gasteiger partial charge in [0.15, 0.2) is 0 Å². The maximum absolute atomic E-state index is 11.8. The van der Waals surface area contributed by atoms with Crippen molar-refractivity contribution in [2.75, 3.05) is 5.32 Å². The number of carbonyl (C=O) groups excluding carboxylic acids is 1. The molecule has 1 aromatic heterocycles. The summed E-state index contributed by atoms with van der Waals surface area (Å²) in [5.41, 5.74) is 7.52. The molecule has 1 unspecified atom stereocenters. The van der Waals surface area contributed by atoms with Gasteiger partial charge in [0.2, 0.25) is 5.91 Å². The number of nitrogens with zero attached hydrogens (tertiary/aromatic N) is 1. The molecule has 4 nitrogen and oxygen atoms in total. The van der Waals surface area contributed by atoms with Crippen molar-refractivity contribution in [1.29, 1.82) is 0 Å². The van der Waals surface area contributed by atoms with Crippen molar-refractivity contribution < 1.29 is 4.79 Å². The molecular weight excluding hydrogens is 282 g/mol. The Morgan fingerprint density at radius 3 is 2.76 bits per heavy atom. The molecule has 0 aliphatic heterocycles. The number of nitrogens with two attached hydrogens (primary N) is 1. The number of carbonyl (C=O) groups is 1. The van der Waals surface area contributed by atoms with Crippen molar-refractivity contribution in [2.24, 2.45) is 5.73 Å². The summed E-state index contributed by atoms with van der Waals surface area (Å²) in [7, 11) is 0. The van der Waals surface area contributed by atoms with Gasteiger partial charge in [-0.15, -0.1) is 11.3 Å². The minimum atomic E-state index is 0.00668. The van der Waals surface area contributed by atoms with Crippen molar-refractivity contribution in [3.8, 4) is 0 Å². The van der Waals surface area contributed by atoms with Gasteiger partial charge in [-0.1, -0.05) is 20.8 Å².